The summed E-state index contributed by atoms with van der Waals surface area (Å²) in [7, 11) is -4.03. The fraction of sp³-hybridized carbons (Fsp3) is 0.692. The van der Waals surface area contributed by atoms with Crippen molar-refractivity contribution < 1.29 is 18.0 Å². The molecule has 2 heterocycles. The average Bonchev–Trinajstić information content (AvgIpc) is 2.45. The van der Waals surface area contributed by atoms with E-state index in [9.17, 15) is 18.0 Å². The van der Waals surface area contributed by atoms with Crippen LogP contribution in [0.15, 0.2) is 11.8 Å². The first-order valence-corrected chi connectivity index (χ1v) is 8.68. The molecule has 0 spiro atoms. The van der Waals surface area contributed by atoms with Gasteiger partial charge in [-0.1, -0.05) is 0 Å². The molecular formula is C13H21N3O4S. The average molecular weight is 315 g/mol. The molecule has 2 amide bonds. The molecule has 2 aliphatic rings. The molecule has 2 saturated heterocycles. The number of likely N-dealkylation sites (tertiary alicyclic amines) is 1. The zero-order chi connectivity index (χ0) is 15.6. The Hall–Kier alpha value is -1.57. The number of hydrogen-bond acceptors (Lipinski definition) is 5. The minimum atomic E-state index is -4.03. The van der Waals surface area contributed by atoms with Crippen LogP contribution >= 0.6 is 0 Å². The van der Waals surface area contributed by atoms with Crippen LogP contribution in [0.3, 0.4) is 0 Å². The van der Waals surface area contributed by atoms with Gasteiger partial charge in [-0.15, -0.1) is 0 Å². The summed E-state index contributed by atoms with van der Waals surface area (Å²) < 4.78 is 25.9. The Morgan fingerprint density at radius 1 is 0.952 bits per heavy atom. The van der Waals surface area contributed by atoms with Gasteiger partial charge in [-0.2, -0.15) is 8.42 Å². The molecule has 0 unspecified atom stereocenters. The summed E-state index contributed by atoms with van der Waals surface area (Å²) in [6.07, 6.45) is 4.70. The van der Waals surface area contributed by atoms with Gasteiger partial charge < -0.3 is 4.90 Å². The van der Waals surface area contributed by atoms with Gasteiger partial charge in [-0.25, -0.2) is 8.61 Å². The summed E-state index contributed by atoms with van der Waals surface area (Å²) >= 11 is 0. The van der Waals surface area contributed by atoms with E-state index >= 15 is 0 Å². The third kappa shape index (κ3) is 2.76. The van der Waals surface area contributed by atoms with Gasteiger partial charge >= 0.3 is 10.2 Å². The highest BCUT2D eigenvalue weighted by atomic mass is 32.2. The number of piperidine rings is 1. The van der Waals surface area contributed by atoms with E-state index in [4.69, 9.17) is 0 Å². The highest BCUT2D eigenvalue weighted by Crippen LogP contribution is 2.23. The van der Waals surface area contributed by atoms with Crippen LogP contribution in [-0.4, -0.2) is 59.9 Å². The Kier molecular flexibility index (Phi) is 4.55. The van der Waals surface area contributed by atoms with Gasteiger partial charge in [0.2, 0.25) is 0 Å². The highest BCUT2D eigenvalue weighted by Gasteiger charge is 2.45. The molecular weight excluding hydrogens is 294 g/mol. The largest absolute Gasteiger partial charge is 0.377 e. The number of nitrogens with zero attached hydrogens (tertiary/aromatic N) is 3. The Morgan fingerprint density at radius 3 is 1.86 bits per heavy atom. The van der Waals surface area contributed by atoms with Gasteiger partial charge in [0.15, 0.2) is 0 Å². The highest BCUT2D eigenvalue weighted by molar-refractivity contribution is 7.88. The van der Waals surface area contributed by atoms with Crippen molar-refractivity contribution >= 4 is 22.0 Å². The van der Waals surface area contributed by atoms with Crippen LogP contribution in [0, 0.1) is 0 Å². The van der Waals surface area contributed by atoms with E-state index in [1.165, 1.54) is 6.20 Å². The van der Waals surface area contributed by atoms with E-state index < -0.39 is 22.0 Å². The number of hydrogen-bond donors (Lipinski definition) is 0. The molecule has 0 saturated carbocycles. The van der Waals surface area contributed by atoms with Crippen LogP contribution in [0.5, 0.6) is 0 Å². The molecule has 0 aliphatic carbocycles. The molecule has 0 bridgehead atoms. The topological polar surface area (TPSA) is 78.0 Å². The van der Waals surface area contributed by atoms with E-state index in [1.54, 1.807) is 13.8 Å². The molecule has 8 heteroatoms. The number of rotatable bonds is 3. The van der Waals surface area contributed by atoms with E-state index in [2.05, 4.69) is 0 Å². The van der Waals surface area contributed by atoms with E-state index in [-0.39, 0.29) is 18.7 Å². The fourth-order valence-electron chi connectivity index (χ4n) is 2.64. The van der Waals surface area contributed by atoms with Gasteiger partial charge in [0.1, 0.15) is 5.57 Å². The summed E-state index contributed by atoms with van der Waals surface area (Å²) in [5.41, 5.74) is -0.0598. The minimum Gasteiger partial charge on any atom is -0.377 e. The van der Waals surface area contributed by atoms with Crippen molar-refractivity contribution in [3.63, 3.8) is 0 Å². The van der Waals surface area contributed by atoms with Crippen LogP contribution < -0.4 is 0 Å². The molecule has 0 aromatic rings. The van der Waals surface area contributed by atoms with Gasteiger partial charge in [0, 0.05) is 32.4 Å². The molecule has 0 aromatic heterocycles. The zero-order valence-electron chi connectivity index (χ0n) is 12.4. The summed E-state index contributed by atoms with van der Waals surface area (Å²) in [6.45, 7) is 4.77. The van der Waals surface area contributed by atoms with Crippen LogP contribution in [0.4, 0.5) is 0 Å². The molecule has 21 heavy (non-hydrogen) atoms. The summed E-state index contributed by atoms with van der Waals surface area (Å²) in [5, 5.41) is 0. The number of amides is 2. The van der Waals surface area contributed by atoms with E-state index in [1.807, 2.05) is 4.90 Å². The molecule has 0 aromatic carbocycles. The predicted molar refractivity (Wildman–Crippen MR) is 77.2 cm³/mol. The van der Waals surface area contributed by atoms with Crippen molar-refractivity contribution in [2.45, 2.75) is 33.1 Å². The van der Waals surface area contributed by atoms with E-state index in [0.29, 0.717) is 0 Å². The summed E-state index contributed by atoms with van der Waals surface area (Å²) in [6, 6.07) is 0. The van der Waals surface area contributed by atoms with Gasteiger partial charge in [-0.05, 0) is 33.1 Å². The quantitative estimate of drug-likeness (QED) is 0.553. The van der Waals surface area contributed by atoms with Crippen LogP contribution in [0.1, 0.15) is 33.1 Å². The maximum atomic E-state index is 12.3. The van der Waals surface area contributed by atoms with Gasteiger partial charge in [0.25, 0.3) is 11.8 Å². The minimum absolute atomic E-state index is 0.0162. The normalized spacial score (nSPS) is 22.8. The van der Waals surface area contributed by atoms with Crippen LogP contribution in [0.25, 0.3) is 0 Å². The Labute approximate surface area is 125 Å². The van der Waals surface area contributed by atoms with E-state index in [0.717, 1.165) is 41.0 Å². The Bertz CT molecular complexity index is 532. The third-order valence-corrected chi connectivity index (χ3v) is 5.71. The lowest BCUT2D eigenvalue weighted by molar-refractivity contribution is -0.131. The number of likely N-dealkylation sites (N-methyl/N-ethyl adjacent to an activating group) is 2. The maximum Gasteiger partial charge on any atom is 0.331 e. The van der Waals surface area contributed by atoms with Crippen molar-refractivity contribution in [3.8, 4) is 0 Å². The molecule has 0 N–H and O–H groups in total. The predicted octanol–water partition coefficient (Wildman–Crippen LogP) is 0.312. The van der Waals surface area contributed by atoms with Crippen molar-refractivity contribution in [1.82, 2.24) is 13.5 Å². The smallest absolute Gasteiger partial charge is 0.331 e. The molecule has 118 valence electrons. The van der Waals surface area contributed by atoms with Crippen LogP contribution in [0.2, 0.25) is 0 Å². The molecule has 7 nitrogen and oxygen atoms in total. The Morgan fingerprint density at radius 2 is 1.43 bits per heavy atom. The first-order chi connectivity index (χ1) is 9.93. The van der Waals surface area contributed by atoms with Crippen molar-refractivity contribution in [2.75, 3.05) is 26.2 Å². The molecule has 0 atom stereocenters. The molecule has 2 rings (SSSR count). The number of carbonyl (C=O) groups excluding carboxylic acids is 2. The van der Waals surface area contributed by atoms with Crippen molar-refractivity contribution in [3.05, 3.63) is 11.8 Å². The monoisotopic (exact) mass is 315 g/mol. The van der Waals surface area contributed by atoms with Gasteiger partial charge in [-0.3, -0.25) is 9.59 Å². The first kappa shape index (κ1) is 15.8. The maximum absolute atomic E-state index is 12.3. The van der Waals surface area contributed by atoms with Crippen LogP contribution in [-0.2, 0) is 19.8 Å². The lowest BCUT2D eigenvalue weighted by Crippen LogP contribution is -2.56. The fourth-order valence-corrected chi connectivity index (χ4v) is 4.15. The second-order valence-corrected chi connectivity index (χ2v) is 6.86. The molecule has 2 fully saturated rings. The summed E-state index contributed by atoms with van der Waals surface area (Å²) in [4.78, 5) is 26.6. The Balaban J connectivity index is 2.39. The second-order valence-electron chi connectivity index (χ2n) is 5.09. The van der Waals surface area contributed by atoms with Crippen molar-refractivity contribution in [2.24, 2.45) is 0 Å². The lowest BCUT2D eigenvalue weighted by Gasteiger charge is -2.35. The second kappa shape index (κ2) is 6.05. The molecule has 2 aliphatic heterocycles. The SMILES string of the molecule is CCN1C(=O)C(=CN2CCCCC2)C(=O)N(CC)S1(=O)=O. The summed E-state index contributed by atoms with van der Waals surface area (Å²) in [5.74, 6) is -1.45. The first-order valence-electron chi connectivity index (χ1n) is 7.28. The standard InChI is InChI=1S/C13H21N3O4S/c1-3-15-12(17)11(10-14-8-6-5-7-9-14)13(18)16(4-2)21(15,19)20/h10H,3-9H2,1-2H3. The van der Waals surface area contributed by atoms with Gasteiger partial charge in [0.05, 0.1) is 0 Å². The third-order valence-electron chi connectivity index (χ3n) is 3.75. The number of carbonyl (C=O) groups is 2. The zero-order valence-corrected chi connectivity index (χ0v) is 13.2. The van der Waals surface area contributed by atoms with Crippen molar-refractivity contribution in [1.29, 1.82) is 0 Å². The lowest BCUT2D eigenvalue weighted by atomic mass is 10.1. The molecule has 0 radical (unpaired) electrons.